The number of hydrogen-bond donors (Lipinski definition) is 0. The number of alkyl halides is 4. The molecule has 2 nitrogen and oxygen atoms in total. The summed E-state index contributed by atoms with van der Waals surface area (Å²) in [5.41, 5.74) is -0.651. The lowest BCUT2D eigenvalue weighted by Gasteiger charge is -2.24. The van der Waals surface area contributed by atoms with Crippen molar-refractivity contribution in [2.75, 3.05) is 0 Å². The van der Waals surface area contributed by atoms with Crippen LogP contribution in [0.5, 0.6) is 0 Å². The van der Waals surface area contributed by atoms with Gasteiger partial charge in [-0.2, -0.15) is 18.3 Å². The Morgan fingerprint density at radius 1 is 1.18 bits per heavy atom. The van der Waals surface area contributed by atoms with Crippen LogP contribution in [0.3, 0.4) is 0 Å². The molecule has 0 fully saturated rings. The number of aromatic nitrogens is 2. The van der Waals surface area contributed by atoms with E-state index < -0.39 is 11.9 Å². The maximum atomic E-state index is 12.2. The van der Waals surface area contributed by atoms with Crippen LogP contribution < -0.4 is 0 Å². The topological polar surface area (TPSA) is 25.8 Å². The Hall–Kier alpha value is -0.840. The van der Waals surface area contributed by atoms with E-state index in [1.54, 1.807) is 0 Å². The molecule has 0 aliphatic heterocycles. The third kappa shape index (κ3) is 4.15. The van der Waals surface area contributed by atoms with E-state index in [1.165, 1.54) is 6.07 Å². The van der Waals surface area contributed by atoms with Gasteiger partial charge in [0.15, 0.2) is 5.69 Å². The zero-order valence-electron chi connectivity index (χ0n) is 9.85. The van der Waals surface area contributed by atoms with Crippen LogP contribution in [0.1, 0.15) is 32.2 Å². The van der Waals surface area contributed by atoms with Crippen molar-refractivity contribution in [1.82, 2.24) is 10.2 Å². The quantitative estimate of drug-likeness (QED) is 0.763. The van der Waals surface area contributed by atoms with Crippen LogP contribution in [0, 0.1) is 5.41 Å². The Balaban J connectivity index is 2.76. The molecular formula is C11H14ClF3N2. The van der Waals surface area contributed by atoms with Crippen molar-refractivity contribution in [2.24, 2.45) is 5.41 Å². The van der Waals surface area contributed by atoms with Gasteiger partial charge in [-0.25, -0.2) is 0 Å². The van der Waals surface area contributed by atoms with Crippen LogP contribution in [0.15, 0.2) is 12.1 Å². The molecule has 1 rings (SSSR count). The molecule has 0 saturated heterocycles. The van der Waals surface area contributed by atoms with Crippen LogP contribution in [0.25, 0.3) is 0 Å². The van der Waals surface area contributed by atoms with Crippen molar-refractivity contribution < 1.29 is 13.2 Å². The molecule has 0 radical (unpaired) electrons. The van der Waals surface area contributed by atoms with Crippen molar-refractivity contribution >= 4 is 11.6 Å². The highest BCUT2D eigenvalue weighted by Gasteiger charge is 2.33. The summed E-state index contributed by atoms with van der Waals surface area (Å²) in [5, 5.41) is 6.50. The molecule has 1 aromatic heterocycles. The standard InChI is InChI=1S/C11H14ClF3N2/c1-10(2,3)8(12)6-7-4-5-9(17-16-7)11(13,14)15/h4-5,8H,6H2,1-3H3. The van der Waals surface area contributed by atoms with Crippen LogP contribution in [0.4, 0.5) is 13.2 Å². The summed E-state index contributed by atoms with van der Waals surface area (Å²) in [6, 6.07) is 2.24. The van der Waals surface area contributed by atoms with Gasteiger partial charge in [-0.05, 0) is 17.5 Å². The Labute approximate surface area is 103 Å². The Bertz CT molecular complexity index is 368. The van der Waals surface area contributed by atoms with Crippen LogP contribution >= 0.6 is 11.6 Å². The van der Waals surface area contributed by atoms with Gasteiger partial charge in [-0.15, -0.1) is 16.7 Å². The largest absolute Gasteiger partial charge is 0.435 e. The van der Waals surface area contributed by atoms with E-state index in [0.717, 1.165) is 6.07 Å². The minimum Gasteiger partial charge on any atom is -0.164 e. The summed E-state index contributed by atoms with van der Waals surface area (Å²) in [7, 11) is 0. The molecule has 0 aliphatic rings. The second-order valence-electron chi connectivity index (χ2n) is 4.95. The average Bonchev–Trinajstić information content (AvgIpc) is 2.15. The van der Waals surface area contributed by atoms with E-state index >= 15 is 0 Å². The van der Waals surface area contributed by atoms with Gasteiger partial charge in [-0.1, -0.05) is 20.8 Å². The van der Waals surface area contributed by atoms with Crippen LogP contribution in [-0.4, -0.2) is 15.6 Å². The average molecular weight is 267 g/mol. The van der Waals surface area contributed by atoms with Gasteiger partial charge in [0.25, 0.3) is 0 Å². The minimum absolute atomic E-state index is 0.133. The molecular weight excluding hydrogens is 253 g/mol. The zero-order valence-corrected chi connectivity index (χ0v) is 10.6. The zero-order chi connectivity index (χ0) is 13.3. The molecule has 1 heterocycles. The second kappa shape index (κ2) is 4.80. The van der Waals surface area contributed by atoms with E-state index in [-0.39, 0.29) is 10.8 Å². The maximum absolute atomic E-state index is 12.2. The lowest BCUT2D eigenvalue weighted by Crippen LogP contribution is -2.23. The first kappa shape index (κ1) is 14.2. The first-order chi connectivity index (χ1) is 7.60. The highest BCUT2D eigenvalue weighted by Crippen LogP contribution is 2.29. The van der Waals surface area contributed by atoms with Crippen LogP contribution in [-0.2, 0) is 12.6 Å². The monoisotopic (exact) mass is 266 g/mol. The fraction of sp³-hybridized carbons (Fsp3) is 0.636. The van der Waals surface area contributed by atoms with Gasteiger partial charge in [0.05, 0.1) is 5.69 Å². The van der Waals surface area contributed by atoms with Crippen molar-refractivity contribution in [3.8, 4) is 0 Å². The SMILES string of the molecule is CC(C)(C)C(Cl)Cc1ccc(C(F)(F)F)nn1. The van der Waals surface area contributed by atoms with E-state index in [9.17, 15) is 13.2 Å². The number of nitrogens with zero attached hydrogens (tertiary/aromatic N) is 2. The third-order valence-electron chi connectivity index (χ3n) is 2.34. The number of halogens is 4. The molecule has 6 heteroatoms. The second-order valence-corrected chi connectivity index (χ2v) is 5.47. The van der Waals surface area contributed by atoms with Gasteiger partial charge in [0.1, 0.15) is 0 Å². The molecule has 1 atom stereocenters. The normalized spacial score (nSPS) is 14.8. The fourth-order valence-corrected chi connectivity index (χ4v) is 1.27. The molecule has 0 N–H and O–H groups in total. The molecule has 0 spiro atoms. The minimum atomic E-state index is -4.45. The molecule has 96 valence electrons. The summed E-state index contributed by atoms with van der Waals surface area (Å²) in [6.07, 6.45) is -4.05. The lowest BCUT2D eigenvalue weighted by molar-refractivity contribution is -0.141. The number of hydrogen-bond acceptors (Lipinski definition) is 2. The van der Waals surface area contributed by atoms with Crippen LogP contribution in [0.2, 0.25) is 0 Å². The molecule has 0 amide bonds. The fourth-order valence-electron chi connectivity index (χ4n) is 1.11. The van der Waals surface area contributed by atoms with Crippen molar-refractivity contribution in [1.29, 1.82) is 0 Å². The predicted molar refractivity (Wildman–Crippen MR) is 59.8 cm³/mol. The summed E-state index contributed by atoms with van der Waals surface area (Å²) >= 11 is 6.13. The number of rotatable bonds is 2. The Kier molecular flexibility index (Phi) is 4.02. The summed E-state index contributed by atoms with van der Waals surface area (Å²) in [5.74, 6) is 0. The van der Waals surface area contributed by atoms with Gasteiger partial charge in [0.2, 0.25) is 0 Å². The highest BCUT2D eigenvalue weighted by molar-refractivity contribution is 6.21. The summed E-state index contributed by atoms with van der Waals surface area (Å²) in [4.78, 5) is 0. The van der Waals surface area contributed by atoms with E-state index in [2.05, 4.69) is 10.2 Å². The lowest BCUT2D eigenvalue weighted by atomic mass is 9.89. The van der Waals surface area contributed by atoms with E-state index in [0.29, 0.717) is 12.1 Å². The molecule has 0 saturated carbocycles. The first-order valence-electron chi connectivity index (χ1n) is 5.14. The van der Waals surface area contributed by atoms with E-state index in [4.69, 9.17) is 11.6 Å². The molecule has 17 heavy (non-hydrogen) atoms. The maximum Gasteiger partial charge on any atom is 0.435 e. The predicted octanol–water partition coefficient (Wildman–Crippen LogP) is 3.69. The van der Waals surface area contributed by atoms with Gasteiger partial charge < -0.3 is 0 Å². The molecule has 1 aromatic rings. The van der Waals surface area contributed by atoms with Crippen molar-refractivity contribution in [2.45, 2.75) is 38.7 Å². The summed E-state index contributed by atoms with van der Waals surface area (Å²) in [6.45, 7) is 5.88. The highest BCUT2D eigenvalue weighted by atomic mass is 35.5. The van der Waals surface area contributed by atoms with E-state index in [1.807, 2.05) is 20.8 Å². The summed E-state index contributed by atoms with van der Waals surface area (Å²) < 4.78 is 36.7. The smallest absolute Gasteiger partial charge is 0.164 e. The van der Waals surface area contributed by atoms with Crippen molar-refractivity contribution in [3.05, 3.63) is 23.5 Å². The molecule has 1 unspecified atom stereocenters. The Morgan fingerprint density at radius 3 is 2.12 bits per heavy atom. The van der Waals surface area contributed by atoms with Gasteiger partial charge >= 0.3 is 6.18 Å². The Morgan fingerprint density at radius 2 is 1.76 bits per heavy atom. The van der Waals surface area contributed by atoms with Gasteiger partial charge in [-0.3, -0.25) is 0 Å². The first-order valence-corrected chi connectivity index (χ1v) is 5.58. The molecule has 0 aliphatic carbocycles. The third-order valence-corrected chi connectivity index (χ3v) is 3.15. The van der Waals surface area contributed by atoms with Gasteiger partial charge in [0, 0.05) is 11.8 Å². The molecule has 0 aromatic carbocycles. The molecule has 0 bridgehead atoms. The van der Waals surface area contributed by atoms with Crippen molar-refractivity contribution in [3.63, 3.8) is 0 Å².